The Kier molecular flexibility index (Phi) is 4.69. The highest BCUT2D eigenvalue weighted by atomic mass is 32.2. The van der Waals surface area contributed by atoms with Crippen molar-refractivity contribution >= 4 is 10.0 Å². The maximum atomic E-state index is 12.8. The van der Waals surface area contributed by atoms with Crippen molar-refractivity contribution in [2.45, 2.75) is 57.0 Å². The van der Waals surface area contributed by atoms with Gasteiger partial charge in [0.05, 0.1) is 12.3 Å². The minimum Gasteiger partial charge on any atom is -0.269 e. The van der Waals surface area contributed by atoms with Crippen LogP contribution in [0.15, 0.2) is 17.3 Å². The lowest BCUT2D eigenvalue weighted by Gasteiger charge is -2.27. The SMILES string of the molecule is CC(C)n1cc(S(=O)(=O)N(CCC#N)[C@H](C)C2CC2)cn1. The molecule has 21 heavy (non-hydrogen) atoms. The van der Waals surface area contributed by atoms with Crippen LogP contribution in [0.4, 0.5) is 0 Å². The number of sulfonamides is 1. The molecule has 0 amide bonds. The molecule has 6 nitrogen and oxygen atoms in total. The lowest BCUT2D eigenvalue weighted by molar-refractivity contribution is 0.314. The molecule has 1 aromatic rings. The largest absolute Gasteiger partial charge is 0.269 e. The normalized spacial score (nSPS) is 17.1. The van der Waals surface area contributed by atoms with Crippen molar-refractivity contribution in [3.05, 3.63) is 12.4 Å². The number of aromatic nitrogens is 2. The molecule has 1 aliphatic rings. The van der Waals surface area contributed by atoms with Gasteiger partial charge in [0, 0.05) is 31.2 Å². The zero-order chi connectivity index (χ0) is 15.6. The minimum atomic E-state index is -3.59. The van der Waals surface area contributed by atoms with E-state index in [1.165, 1.54) is 10.5 Å². The van der Waals surface area contributed by atoms with Gasteiger partial charge in [-0.05, 0) is 39.5 Å². The summed E-state index contributed by atoms with van der Waals surface area (Å²) >= 11 is 0. The summed E-state index contributed by atoms with van der Waals surface area (Å²) < 4.78 is 28.7. The quantitative estimate of drug-likeness (QED) is 0.773. The number of hydrogen-bond acceptors (Lipinski definition) is 4. The van der Waals surface area contributed by atoms with Gasteiger partial charge in [-0.15, -0.1) is 0 Å². The summed E-state index contributed by atoms with van der Waals surface area (Å²) in [5.41, 5.74) is 0. The summed E-state index contributed by atoms with van der Waals surface area (Å²) in [5, 5.41) is 12.9. The fourth-order valence-corrected chi connectivity index (χ4v) is 4.02. The van der Waals surface area contributed by atoms with Gasteiger partial charge >= 0.3 is 0 Å². The second-order valence-electron chi connectivity index (χ2n) is 5.85. The molecule has 0 spiro atoms. The Morgan fingerprint density at radius 1 is 1.48 bits per heavy atom. The van der Waals surface area contributed by atoms with Crippen molar-refractivity contribution in [2.24, 2.45) is 5.92 Å². The standard InChI is InChI=1S/C14H22N4O2S/c1-11(2)17-10-14(9-16-17)21(19,20)18(8-4-7-15)12(3)13-5-6-13/h9-13H,4-6,8H2,1-3H3/t12-/m1/s1. The molecule has 1 heterocycles. The Hall–Kier alpha value is -1.39. The molecule has 1 aromatic heterocycles. The van der Waals surface area contributed by atoms with Gasteiger partial charge in [-0.3, -0.25) is 4.68 Å². The zero-order valence-corrected chi connectivity index (χ0v) is 13.5. The summed E-state index contributed by atoms with van der Waals surface area (Å²) in [6.45, 7) is 6.07. The third kappa shape index (κ3) is 3.44. The molecule has 0 aromatic carbocycles. The van der Waals surface area contributed by atoms with E-state index < -0.39 is 10.0 Å². The maximum Gasteiger partial charge on any atom is 0.246 e. The number of nitriles is 1. The smallest absolute Gasteiger partial charge is 0.246 e. The fraction of sp³-hybridized carbons (Fsp3) is 0.714. The van der Waals surface area contributed by atoms with Crippen molar-refractivity contribution in [3.8, 4) is 6.07 Å². The Morgan fingerprint density at radius 2 is 2.14 bits per heavy atom. The second kappa shape index (κ2) is 6.16. The van der Waals surface area contributed by atoms with Crippen LogP contribution in [0.2, 0.25) is 0 Å². The lowest BCUT2D eigenvalue weighted by Crippen LogP contribution is -2.40. The highest BCUT2D eigenvalue weighted by Crippen LogP contribution is 2.37. The van der Waals surface area contributed by atoms with Gasteiger partial charge in [-0.25, -0.2) is 8.42 Å². The van der Waals surface area contributed by atoms with E-state index in [0.29, 0.717) is 5.92 Å². The Labute approximate surface area is 126 Å². The van der Waals surface area contributed by atoms with E-state index in [9.17, 15) is 8.42 Å². The van der Waals surface area contributed by atoms with Crippen molar-refractivity contribution in [3.63, 3.8) is 0 Å². The number of hydrogen-bond donors (Lipinski definition) is 0. The van der Waals surface area contributed by atoms with Gasteiger partial charge in [0.25, 0.3) is 0 Å². The van der Waals surface area contributed by atoms with Gasteiger partial charge < -0.3 is 0 Å². The highest BCUT2D eigenvalue weighted by Gasteiger charge is 2.38. The van der Waals surface area contributed by atoms with E-state index in [-0.39, 0.29) is 29.9 Å². The van der Waals surface area contributed by atoms with E-state index in [1.807, 2.05) is 26.8 Å². The predicted octanol–water partition coefficient (Wildman–Crippen LogP) is 2.17. The zero-order valence-electron chi connectivity index (χ0n) is 12.7. The average Bonchev–Trinajstić information content (AvgIpc) is 3.14. The molecule has 0 saturated heterocycles. The van der Waals surface area contributed by atoms with Crippen LogP contribution in [-0.2, 0) is 10.0 Å². The molecule has 1 atom stereocenters. The summed E-state index contributed by atoms with van der Waals surface area (Å²) in [5.74, 6) is 0.415. The molecule has 1 aliphatic carbocycles. The van der Waals surface area contributed by atoms with Gasteiger partial charge in [0.2, 0.25) is 10.0 Å². The van der Waals surface area contributed by atoms with Gasteiger partial charge in [-0.2, -0.15) is 14.7 Å². The summed E-state index contributed by atoms with van der Waals surface area (Å²) in [4.78, 5) is 0.210. The van der Waals surface area contributed by atoms with E-state index in [0.717, 1.165) is 12.8 Å². The highest BCUT2D eigenvalue weighted by molar-refractivity contribution is 7.89. The van der Waals surface area contributed by atoms with Crippen molar-refractivity contribution in [2.75, 3.05) is 6.54 Å². The molecule has 0 N–H and O–H groups in total. The predicted molar refractivity (Wildman–Crippen MR) is 78.9 cm³/mol. The fourth-order valence-electron chi connectivity index (χ4n) is 2.39. The van der Waals surface area contributed by atoms with Gasteiger partial charge in [-0.1, -0.05) is 0 Å². The van der Waals surface area contributed by atoms with E-state index in [2.05, 4.69) is 5.10 Å². The van der Waals surface area contributed by atoms with Crippen LogP contribution in [0.25, 0.3) is 0 Å². The van der Waals surface area contributed by atoms with E-state index in [1.54, 1.807) is 10.9 Å². The molecule has 2 rings (SSSR count). The molecule has 0 bridgehead atoms. The van der Waals surface area contributed by atoms with Crippen LogP contribution in [0.3, 0.4) is 0 Å². The van der Waals surface area contributed by atoms with E-state index in [4.69, 9.17) is 5.26 Å². The van der Waals surface area contributed by atoms with Crippen molar-refractivity contribution in [1.82, 2.24) is 14.1 Å². The molecule has 7 heteroatoms. The van der Waals surface area contributed by atoms with Crippen molar-refractivity contribution < 1.29 is 8.42 Å². The first kappa shape index (κ1) is 16.0. The van der Waals surface area contributed by atoms with Crippen molar-refractivity contribution in [1.29, 1.82) is 5.26 Å². The molecule has 1 saturated carbocycles. The molecule has 0 radical (unpaired) electrons. The van der Waals surface area contributed by atoms with Crippen LogP contribution >= 0.6 is 0 Å². The monoisotopic (exact) mass is 310 g/mol. The summed E-state index contributed by atoms with van der Waals surface area (Å²) in [6, 6.07) is 2.08. The Morgan fingerprint density at radius 3 is 2.62 bits per heavy atom. The molecular formula is C14H22N4O2S. The molecule has 1 fully saturated rings. The Balaban J connectivity index is 2.28. The third-order valence-electron chi connectivity index (χ3n) is 3.92. The van der Waals surface area contributed by atoms with Gasteiger partial charge in [0.1, 0.15) is 4.90 Å². The maximum absolute atomic E-state index is 12.8. The molecule has 116 valence electrons. The Bertz CT molecular complexity index is 626. The van der Waals surface area contributed by atoms with Crippen LogP contribution < -0.4 is 0 Å². The van der Waals surface area contributed by atoms with Crippen LogP contribution in [0.1, 0.15) is 46.1 Å². The topological polar surface area (TPSA) is 79.0 Å². The summed E-state index contributed by atoms with van der Waals surface area (Å²) in [7, 11) is -3.59. The molecule has 0 aliphatic heterocycles. The van der Waals surface area contributed by atoms with Crippen LogP contribution in [0, 0.1) is 17.2 Å². The number of rotatable bonds is 7. The van der Waals surface area contributed by atoms with Gasteiger partial charge in [0.15, 0.2) is 0 Å². The third-order valence-corrected chi connectivity index (χ3v) is 5.86. The minimum absolute atomic E-state index is 0.0641. The lowest BCUT2D eigenvalue weighted by atomic mass is 10.2. The van der Waals surface area contributed by atoms with Crippen LogP contribution in [0.5, 0.6) is 0 Å². The van der Waals surface area contributed by atoms with E-state index >= 15 is 0 Å². The number of nitrogens with zero attached hydrogens (tertiary/aromatic N) is 4. The first-order chi connectivity index (χ1) is 9.87. The summed E-state index contributed by atoms with van der Waals surface area (Å²) in [6.07, 6.45) is 5.29. The van der Waals surface area contributed by atoms with Crippen LogP contribution in [-0.4, -0.2) is 35.1 Å². The first-order valence-electron chi connectivity index (χ1n) is 7.31. The molecule has 0 unspecified atom stereocenters. The first-order valence-corrected chi connectivity index (χ1v) is 8.75. The average molecular weight is 310 g/mol. The molecular weight excluding hydrogens is 288 g/mol. The second-order valence-corrected chi connectivity index (χ2v) is 7.74.